The van der Waals surface area contributed by atoms with E-state index in [-0.39, 0.29) is 10.6 Å². The number of aliphatic hydroxyl groups excluding tert-OH is 1. The first-order chi connectivity index (χ1) is 5.82. The first-order valence-corrected chi connectivity index (χ1v) is 3.42. The van der Waals surface area contributed by atoms with Gasteiger partial charge in [0.25, 0.3) is 0 Å². The molecule has 0 amide bonds. The summed E-state index contributed by atoms with van der Waals surface area (Å²) in [6, 6.07) is 0. The van der Waals surface area contributed by atoms with Gasteiger partial charge in [0.05, 0.1) is 0 Å². The predicted molar refractivity (Wildman–Crippen MR) is 39.3 cm³/mol. The molecule has 0 aliphatic rings. The average molecular weight is 209 g/mol. The van der Waals surface area contributed by atoms with Crippen LogP contribution in [0.15, 0.2) is 4.73 Å². The topological polar surface area (TPSA) is 50.9 Å². The quantitative estimate of drug-likeness (QED) is 0.737. The van der Waals surface area contributed by atoms with E-state index < -0.39 is 13.1 Å². The molecule has 0 bridgehead atoms. The largest absolute Gasteiger partial charge is 0.385 e. The van der Waals surface area contributed by atoms with Crippen molar-refractivity contribution in [2.45, 2.75) is 13.0 Å². The van der Waals surface area contributed by atoms with Gasteiger partial charge in [0.15, 0.2) is 5.82 Å². The lowest BCUT2D eigenvalue weighted by Crippen LogP contribution is -2.02. The molecule has 0 fully saturated rings. The monoisotopic (exact) mass is 208 g/mol. The zero-order valence-electron chi connectivity index (χ0n) is 8.24. The molecule has 1 N–H and O–H groups in total. The van der Waals surface area contributed by atoms with Crippen molar-refractivity contribution in [2.24, 2.45) is 6.98 Å². The maximum atomic E-state index is 9.19. The molecular weight excluding hydrogens is 198 g/mol. The number of nitrogens with zero attached hydrogens (tertiary/aromatic N) is 3. The Morgan fingerprint density at radius 3 is 3.00 bits per heavy atom. The SMILES string of the molecule is [2H]C([2H])([2H])n1nc(Br)nc1[C@H](C)O. The molecule has 1 aromatic heterocycles. The van der Waals surface area contributed by atoms with Gasteiger partial charge in [-0.2, -0.15) is 0 Å². The molecule has 10 heavy (non-hydrogen) atoms. The summed E-state index contributed by atoms with van der Waals surface area (Å²) in [6.45, 7) is -0.982. The lowest BCUT2D eigenvalue weighted by Gasteiger charge is -1.99. The molecule has 1 aromatic rings. The van der Waals surface area contributed by atoms with Crippen molar-refractivity contribution in [1.29, 1.82) is 0 Å². The normalized spacial score (nSPS) is 19.3. The third-order valence-corrected chi connectivity index (χ3v) is 1.32. The van der Waals surface area contributed by atoms with Crippen LogP contribution in [-0.4, -0.2) is 19.9 Å². The highest BCUT2D eigenvalue weighted by molar-refractivity contribution is 9.10. The van der Waals surface area contributed by atoms with Crippen LogP contribution in [0.25, 0.3) is 0 Å². The number of rotatable bonds is 1. The number of halogens is 1. The third kappa shape index (κ3) is 1.35. The molecule has 56 valence electrons. The molecule has 0 saturated heterocycles. The second-order valence-corrected chi connectivity index (χ2v) is 2.54. The zero-order chi connectivity index (χ0) is 10.2. The fourth-order valence-corrected chi connectivity index (χ4v) is 0.909. The minimum Gasteiger partial charge on any atom is -0.385 e. The van der Waals surface area contributed by atoms with Crippen LogP contribution in [0.2, 0.25) is 0 Å². The van der Waals surface area contributed by atoms with Crippen LogP contribution in [0.4, 0.5) is 0 Å². The number of hydrogen-bond acceptors (Lipinski definition) is 3. The van der Waals surface area contributed by atoms with Crippen LogP contribution in [0.1, 0.15) is 23.0 Å². The first kappa shape index (κ1) is 4.46. The van der Waals surface area contributed by atoms with Crippen LogP contribution in [0.3, 0.4) is 0 Å². The van der Waals surface area contributed by atoms with E-state index in [1.807, 2.05) is 0 Å². The smallest absolute Gasteiger partial charge is 0.217 e. The summed E-state index contributed by atoms with van der Waals surface area (Å²) in [5.41, 5.74) is 0. The Bertz CT molecular complexity index is 308. The van der Waals surface area contributed by atoms with E-state index in [1.165, 1.54) is 6.92 Å². The van der Waals surface area contributed by atoms with Crippen LogP contribution in [0, 0.1) is 0 Å². The molecule has 0 aliphatic carbocycles. The molecule has 1 atom stereocenters. The molecule has 0 spiro atoms. The Hall–Kier alpha value is -0.420. The van der Waals surface area contributed by atoms with Gasteiger partial charge < -0.3 is 5.11 Å². The van der Waals surface area contributed by atoms with Gasteiger partial charge in [0, 0.05) is 11.1 Å². The summed E-state index contributed by atoms with van der Waals surface area (Å²) >= 11 is 2.94. The van der Waals surface area contributed by atoms with E-state index in [2.05, 4.69) is 26.0 Å². The standard InChI is InChI=1S/C5H8BrN3O/c1-3(10)4-7-5(6)8-9(4)2/h3,10H,1-2H3/t3-/m0/s1/i2D3. The average Bonchev–Trinajstić information content (AvgIpc) is 2.29. The number of aliphatic hydroxyl groups is 1. The molecule has 5 heteroatoms. The zero-order valence-corrected chi connectivity index (χ0v) is 6.83. The number of aryl methyl sites for hydroxylation is 1. The molecule has 0 radical (unpaired) electrons. The molecule has 4 nitrogen and oxygen atoms in total. The van der Waals surface area contributed by atoms with Gasteiger partial charge in [0.1, 0.15) is 6.10 Å². The molecule has 1 rings (SSSR count). The minimum absolute atomic E-state index is 0.0203. The Balaban J connectivity index is 3.20. The van der Waals surface area contributed by atoms with Crippen LogP contribution < -0.4 is 0 Å². The van der Waals surface area contributed by atoms with E-state index in [1.54, 1.807) is 0 Å². The Morgan fingerprint density at radius 1 is 1.90 bits per heavy atom. The summed E-state index contributed by atoms with van der Waals surface area (Å²) in [5, 5.41) is 12.8. The lowest BCUT2D eigenvalue weighted by molar-refractivity contribution is 0.184. The fraction of sp³-hybridized carbons (Fsp3) is 0.600. The highest BCUT2D eigenvalue weighted by atomic mass is 79.9. The fourth-order valence-electron chi connectivity index (χ4n) is 0.568. The van der Waals surface area contributed by atoms with Gasteiger partial charge in [0.2, 0.25) is 4.73 Å². The van der Waals surface area contributed by atoms with Gasteiger partial charge >= 0.3 is 0 Å². The lowest BCUT2D eigenvalue weighted by atomic mass is 10.4. The van der Waals surface area contributed by atoms with Crippen molar-refractivity contribution in [1.82, 2.24) is 14.8 Å². The molecule has 1 heterocycles. The second-order valence-electron chi connectivity index (χ2n) is 1.83. The Labute approximate surface area is 71.2 Å². The maximum absolute atomic E-state index is 9.19. The van der Waals surface area contributed by atoms with Crippen molar-refractivity contribution >= 4 is 15.9 Å². The van der Waals surface area contributed by atoms with E-state index >= 15 is 0 Å². The molecule has 0 aliphatic heterocycles. The summed E-state index contributed by atoms with van der Waals surface area (Å²) < 4.78 is 22.1. The molecule has 0 saturated carbocycles. The summed E-state index contributed by atoms with van der Waals surface area (Å²) in [7, 11) is 0. The van der Waals surface area contributed by atoms with E-state index in [0.29, 0.717) is 0 Å². The molecular formula is C5H8BrN3O. The van der Waals surface area contributed by atoms with Crippen LogP contribution in [-0.2, 0) is 6.98 Å². The van der Waals surface area contributed by atoms with Crippen molar-refractivity contribution < 1.29 is 9.22 Å². The minimum atomic E-state index is -2.41. The molecule has 0 aromatic carbocycles. The Kier molecular flexibility index (Phi) is 1.19. The first-order valence-electron chi connectivity index (χ1n) is 4.13. The summed E-state index contributed by atoms with van der Waals surface area (Å²) in [5.74, 6) is 0.0203. The van der Waals surface area contributed by atoms with Crippen molar-refractivity contribution in [3.05, 3.63) is 10.6 Å². The predicted octanol–water partition coefficient (Wildman–Crippen LogP) is 0.631. The van der Waals surface area contributed by atoms with E-state index in [9.17, 15) is 5.11 Å². The maximum Gasteiger partial charge on any atom is 0.217 e. The summed E-state index contributed by atoms with van der Waals surface area (Å²) in [6.07, 6.45) is -0.959. The van der Waals surface area contributed by atoms with Gasteiger partial charge in [-0.25, -0.2) is 9.67 Å². The third-order valence-electron chi connectivity index (χ3n) is 0.980. The highest BCUT2D eigenvalue weighted by Gasteiger charge is 2.08. The van der Waals surface area contributed by atoms with Crippen molar-refractivity contribution in [3.63, 3.8) is 0 Å². The number of hydrogen-bond donors (Lipinski definition) is 1. The van der Waals surface area contributed by atoms with Crippen LogP contribution >= 0.6 is 15.9 Å². The summed E-state index contributed by atoms with van der Waals surface area (Å²) in [4.78, 5) is 3.74. The van der Waals surface area contributed by atoms with E-state index in [4.69, 9.17) is 4.11 Å². The van der Waals surface area contributed by atoms with Crippen molar-refractivity contribution in [2.75, 3.05) is 0 Å². The van der Waals surface area contributed by atoms with Gasteiger partial charge in [-0.3, -0.25) is 0 Å². The highest BCUT2D eigenvalue weighted by Crippen LogP contribution is 2.10. The van der Waals surface area contributed by atoms with Gasteiger partial charge in [-0.05, 0) is 22.9 Å². The van der Waals surface area contributed by atoms with Gasteiger partial charge in [-0.1, -0.05) is 0 Å². The molecule has 0 unspecified atom stereocenters. The van der Waals surface area contributed by atoms with E-state index in [0.717, 1.165) is 4.68 Å². The number of aromatic nitrogens is 3. The van der Waals surface area contributed by atoms with Gasteiger partial charge in [-0.15, -0.1) is 5.10 Å². The van der Waals surface area contributed by atoms with Crippen molar-refractivity contribution in [3.8, 4) is 0 Å². The second kappa shape index (κ2) is 2.67. The van der Waals surface area contributed by atoms with Crippen LogP contribution in [0.5, 0.6) is 0 Å². The Morgan fingerprint density at radius 2 is 2.60 bits per heavy atom.